The van der Waals surface area contributed by atoms with Gasteiger partial charge in [-0.05, 0) is 39.5 Å². The molecular weight excluding hydrogens is 242 g/mol. The molecule has 1 saturated heterocycles. The Morgan fingerprint density at radius 1 is 1.53 bits per heavy atom. The minimum absolute atomic E-state index is 0.0318. The first-order chi connectivity index (χ1) is 9.00. The Morgan fingerprint density at radius 3 is 2.95 bits per heavy atom. The number of nitrogens with zero attached hydrogens (tertiary/aromatic N) is 1. The molecule has 1 atom stereocenters. The number of allylic oxidation sites excluding steroid dienone is 1. The summed E-state index contributed by atoms with van der Waals surface area (Å²) in [6.07, 6.45) is 7.11. The molecule has 19 heavy (non-hydrogen) atoms. The van der Waals surface area contributed by atoms with Crippen LogP contribution >= 0.6 is 0 Å². The van der Waals surface area contributed by atoms with Crippen LogP contribution in [0.3, 0.4) is 0 Å². The van der Waals surface area contributed by atoms with Gasteiger partial charge in [-0.1, -0.05) is 11.6 Å². The van der Waals surface area contributed by atoms with Crippen LogP contribution in [-0.2, 0) is 9.53 Å². The van der Waals surface area contributed by atoms with Gasteiger partial charge in [0.25, 0.3) is 0 Å². The van der Waals surface area contributed by atoms with Crippen LogP contribution in [0, 0.1) is 0 Å². The lowest BCUT2D eigenvalue weighted by Crippen LogP contribution is -2.55. The SMILES string of the molecule is CC1(C)CN(C(=O)CC2=CCCCC2)CC(CO)O1. The van der Waals surface area contributed by atoms with Crippen LogP contribution < -0.4 is 0 Å². The summed E-state index contributed by atoms with van der Waals surface area (Å²) >= 11 is 0. The molecule has 2 rings (SSSR count). The van der Waals surface area contributed by atoms with E-state index in [4.69, 9.17) is 4.74 Å². The minimum atomic E-state index is -0.373. The van der Waals surface area contributed by atoms with Gasteiger partial charge in [-0.2, -0.15) is 0 Å². The molecule has 1 amide bonds. The molecule has 1 aliphatic carbocycles. The van der Waals surface area contributed by atoms with Gasteiger partial charge in [0.1, 0.15) is 0 Å². The number of morpholine rings is 1. The van der Waals surface area contributed by atoms with Crippen LogP contribution in [0.25, 0.3) is 0 Å². The van der Waals surface area contributed by atoms with Crippen LogP contribution in [0.1, 0.15) is 46.0 Å². The number of amides is 1. The molecule has 1 N–H and O–H groups in total. The van der Waals surface area contributed by atoms with Crippen molar-refractivity contribution in [2.24, 2.45) is 0 Å². The van der Waals surface area contributed by atoms with Crippen molar-refractivity contribution < 1.29 is 14.6 Å². The zero-order valence-electron chi connectivity index (χ0n) is 12.0. The molecule has 0 radical (unpaired) electrons. The Morgan fingerprint density at radius 2 is 2.32 bits per heavy atom. The number of aliphatic hydroxyl groups excluding tert-OH is 1. The lowest BCUT2D eigenvalue weighted by atomic mass is 9.96. The fourth-order valence-electron chi connectivity index (χ4n) is 2.95. The maximum absolute atomic E-state index is 12.4. The first-order valence-corrected chi connectivity index (χ1v) is 7.24. The van der Waals surface area contributed by atoms with Gasteiger partial charge in [-0.25, -0.2) is 0 Å². The molecule has 0 aromatic carbocycles. The maximum Gasteiger partial charge on any atom is 0.226 e. The fraction of sp³-hybridized carbons (Fsp3) is 0.800. The van der Waals surface area contributed by atoms with E-state index in [0.29, 0.717) is 19.5 Å². The van der Waals surface area contributed by atoms with E-state index in [9.17, 15) is 9.90 Å². The molecule has 1 heterocycles. The number of carbonyl (C=O) groups excluding carboxylic acids is 1. The van der Waals surface area contributed by atoms with Crippen molar-refractivity contribution >= 4 is 5.91 Å². The highest BCUT2D eigenvalue weighted by molar-refractivity contribution is 5.79. The molecule has 1 unspecified atom stereocenters. The molecule has 4 nitrogen and oxygen atoms in total. The summed E-state index contributed by atoms with van der Waals surface area (Å²) in [5.41, 5.74) is 0.906. The molecule has 1 fully saturated rings. The van der Waals surface area contributed by atoms with Crippen molar-refractivity contribution in [3.8, 4) is 0 Å². The monoisotopic (exact) mass is 267 g/mol. The molecule has 1 aliphatic heterocycles. The van der Waals surface area contributed by atoms with Crippen molar-refractivity contribution in [3.05, 3.63) is 11.6 Å². The van der Waals surface area contributed by atoms with Gasteiger partial charge in [0.2, 0.25) is 5.91 Å². The lowest BCUT2D eigenvalue weighted by Gasteiger charge is -2.42. The Hall–Kier alpha value is -0.870. The molecule has 2 aliphatic rings. The van der Waals surface area contributed by atoms with E-state index < -0.39 is 0 Å². The Labute approximate surface area is 115 Å². The first-order valence-electron chi connectivity index (χ1n) is 7.24. The van der Waals surface area contributed by atoms with E-state index in [1.807, 2.05) is 18.7 Å². The minimum Gasteiger partial charge on any atom is -0.394 e. The highest BCUT2D eigenvalue weighted by atomic mass is 16.5. The van der Waals surface area contributed by atoms with Crippen molar-refractivity contribution in [1.29, 1.82) is 0 Å². The van der Waals surface area contributed by atoms with Gasteiger partial charge in [0, 0.05) is 19.5 Å². The summed E-state index contributed by atoms with van der Waals surface area (Å²) in [5.74, 6) is 0.169. The van der Waals surface area contributed by atoms with Crippen LogP contribution in [0.2, 0.25) is 0 Å². The average Bonchev–Trinajstić information content (AvgIpc) is 2.38. The van der Waals surface area contributed by atoms with Crippen LogP contribution in [0.4, 0.5) is 0 Å². The van der Waals surface area contributed by atoms with E-state index in [2.05, 4.69) is 6.08 Å². The van der Waals surface area contributed by atoms with Gasteiger partial charge >= 0.3 is 0 Å². The number of rotatable bonds is 3. The maximum atomic E-state index is 12.4. The normalized spacial score (nSPS) is 27.0. The standard InChI is InChI=1S/C15H25NO3/c1-15(2)11-16(9-13(10-17)19-15)14(18)8-12-6-4-3-5-7-12/h6,13,17H,3-5,7-11H2,1-2H3. The number of hydrogen-bond acceptors (Lipinski definition) is 3. The van der Waals surface area contributed by atoms with Crippen molar-refractivity contribution in [2.75, 3.05) is 19.7 Å². The molecule has 0 aromatic rings. The summed E-state index contributed by atoms with van der Waals surface area (Å²) in [5, 5.41) is 9.27. The second kappa shape index (κ2) is 6.06. The molecule has 108 valence electrons. The number of hydrogen-bond donors (Lipinski definition) is 1. The summed E-state index contributed by atoms with van der Waals surface area (Å²) in [6.45, 7) is 5.02. The van der Waals surface area contributed by atoms with Crippen molar-refractivity contribution in [1.82, 2.24) is 4.90 Å². The van der Waals surface area contributed by atoms with Gasteiger partial charge < -0.3 is 14.7 Å². The van der Waals surface area contributed by atoms with Crippen LogP contribution in [-0.4, -0.2) is 47.3 Å². The summed E-state index contributed by atoms with van der Waals surface area (Å²) in [4.78, 5) is 14.2. The number of aliphatic hydroxyl groups is 1. The van der Waals surface area contributed by atoms with Gasteiger partial charge in [0.15, 0.2) is 0 Å². The summed E-state index contributed by atoms with van der Waals surface area (Å²) in [6, 6.07) is 0. The highest BCUT2D eigenvalue weighted by Crippen LogP contribution is 2.24. The lowest BCUT2D eigenvalue weighted by molar-refractivity contribution is -0.166. The second-order valence-electron chi connectivity index (χ2n) is 6.24. The van der Waals surface area contributed by atoms with Crippen LogP contribution in [0.5, 0.6) is 0 Å². The third-order valence-electron chi connectivity index (χ3n) is 3.80. The highest BCUT2D eigenvalue weighted by Gasteiger charge is 2.35. The largest absolute Gasteiger partial charge is 0.394 e. The smallest absolute Gasteiger partial charge is 0.226 e. The van der Waals surface area contributed by atoms with Gasteiger partial charge in [-0.3, -0.25) is 4.79 Å². The molecule has 0 aromatic heterocycles. The average molecular weight is 267 g/mol. The molecular formula is C15H25NO3. The van der Waals surface area contributed by atoms with Gasteiger partial charge in [0.05, 0.1) is 18.3 Å². The summed E-state index contributed by atoms with van der Waals surface area (Å²) in [7, 11) is 0. The van der Waals surface area contributed by atoms with Gasteiger partial charge in [-0.15, -0.1) is 0 Å². The molecule has 4 heteroatoms. The number of ether oxygens (including phenoxy) is 1. The van der Waals surface area contributed by atoms with E-state index in [-0.39, 0.29) is 24.2 Å². The van der Waals surface area contributed by atoms with Crippen molar-refractivity contribution in [3.63, 3.8) is 0 Å². The molecule has 0 saturated carbocycles. The molecule has 0 spiro atoms. The third-order valence-corrected chi connectivity index (χ3v) is 3.80. The Kier molecular flexibility index (Phi) is 4.63. The van der Waals surface area contributed by atoms with E-state index in [1.54, 1.807) is 0 Å². The third kappa shape index (κ3) is 4.05. The quantitative estimate of drug-likeness (QED) is 0.794. The van der Waals surface area contributed by atoms with E-state index in [1.165, 1.54) is 18.4 Å². The summed E-state index contributed by atoms with van der Waals surface area (Å²) < 4.78 is 5.73. The zero-order valence-corrected chi connectivity index (χ0v) is 12.0. The fourth-order valence-corrected chi connectivity index (χ4v) is 2.95. The Balaban J connectivity index is 1.95. The topological polar surface area (TPSA) is 49.8 Å². The number of carbonyl (C=O) groups is 1. The molecule has 0 bridgehead atoms. The predicted molar refractivity (Wildman–Crippen MR) is 73.8 cm³/mol. The van der Waals surface area contributed by atoms with Crippen LogP contribution in [0.15, 0.2) is 11.6 Å². The van der Waals surface area contributed by atoms with E-state index >= 15 is 0 Å². The Bertz CT molecular complexity index is 362. The predicted octanol–water partition coefficient (Wildman–Crippen LogP) is 1.88. The second-order valence-corrected chi connectivity index (χ2v) is 6.24. The van der Waals surface area contributed by atoms with Crippen molar-refractivity contribution in [2.45, 2.75) is 57.7 Å². The van der Waals surface area contributed by atoms with E-state index in [0.717, 1.165) is 12.8 Å². The first kappa shape index (κ1) is 14.5. The zero-order chi connectivity index (χ0) is 13.9.